The van der Waals surface area contributed by atoms with Crippen LogP contribution in [0.25, 0.3) is 5.69 Å². The van der Waals surface area contributed by atoms with Gasteiger partial charge in [-0.25, -0.2) is 0 Å². The molecule has 2 aromatic rings. The van der Waals surface area contributed by atoms with Crippen LogP contribution >= 0.6 is 11.6 Å². The smallest absolute Gasteiger partial charge is 0.151 e. The van der Waals surface area contributed by atoms with E-state index in [0.29, 0.717) is 12.0 Å². The maximum absolute atomic E-state index is 6.24. The van der Waals surface area contributed by atoms with Crippen LogP contribution in [0.3, 0.4) is 0 Å². The minimum absolute atomic E-state index is 0.407. The second-order valence-corrected chi connectivity index (χ2v) is 7.62. The van der Waals surface area contributed by atoms with Crippen LogP contribution in [0.15, 0.2) is 18.2 Å². The van der Waals surface area contributed by atoms with Gasteiger partial charge in [0.25, 0.3) is 0 Å². The largest absolute Gasteiger partial charge is 0.379 e. The maximum Gasteiger partial charge on any atom is 0.151 e. The van der Waals surface area contributed by atoms with E-state index in [9.17, 15) is 0 Å². The molecule has 0 saturated heterocycles. The molecule has 1 aromatic carbocycles. The zero-order valence-corrected chi connectivity index (χ0v) is 15.7. The van der Waals surface area contributed by atoms with Gasteiger partial charge >= 0.3 is 0 Å². The van der Waals surface area contributed by atoms with Gasteiger partial charge in [-0.3, -0.25) is 9.47 Å². The van der Waals surface area contributed by atoms with Crippen LogP contribution in [-0.4, -0.2) is 39.4 Å². The van der Waals surface area contributed by atoms with Crippen molar-refractivity contribution in [2.75, 3.05) is 13.7 Å². The minimum atomic E-state index is 0.407. The Bertz CT molecular complexity index is 752. The number of aromatic nitrogens is 3. The fourth-order valence-corrected chi connectivity index (χ4v) is 4.36. The normalized spacial score (nSPS) is 23.8. The van der Waals surface area contributed by atoms with E-state index in [-0.39, 0.29) is 0 Å². The predicted molar refractivity (Wildman–Crippen MR) is 98.2 cm³/mol. The lowest BCUT2D eigenvalue weighted by atomic mass is 9.86. The average Bonchev–Trinajstić information content (AvgIpc) is 2.93. The Morgan fingerprint density at radius 1 is 1.16 bits per heavy atom. The number of benzene rings is 1. The molecule has 1 aliphatic carbocycles. The Hall–Kier alpha value is -1.43. The highest BCUT2D eigenvalue weighted by Gasteiger charge is 2.30. The van der Waals surface area contributed by atoms with Crippen LogP contribution in [0.5, 0.6) is 0 Å². The SMILES string of the molecule is CCOC1CCC(c2nnc3n2-c2ccc(Cl)cc2CN(C)C3)CC1. The third kappa shape index (κ3) is 3.33. The molecule has 4 rings (SSSR count). The lowest BCUT2D eigenvalue weighted by Crippen LogP contribution is -2.22. The van der Waals surface area contributed by atoms with E-state index < -0.39 is 0 Å². The molecule has 6 heteroatoms. The van der Waals surface area contributed by atoms with Crippen LogP contribution in [0, 0.1) is 0 Å². The highest BCUT2D eigenvalue weighted by molar-refractivity contribution is 6.30. The molecule has 0 spiro atoms. The molecular formula is C19H25ClN4O. The van der Waals surface area contributed by atoms with Gasteiger partial charge < -0.3 is 4.74 Å². The summed E-state index contributed by atoms with van der Waals surface area (Å²) in [5, 5.41) is 9.91. The highest BCUT2D eigenvalue weighted by Crippen LogP contribution is 2.36. The van der Waals surface area contributed by atoms with Crippen molar-refractivity contribution in [1.82, 2.24) is 19.7 Å². The Labute approximate surface area is 153 Å². The molecule has 25 heavy (non-hydrogen) atoms. The summed E-state index contributed by atoms with van der Waals surface area (Å²) in [5.74, 6) is 2.57. The Morgan fingerprint density at radius 2 is 1.96 bits per heavy atom. The summed E-state index contributed by atoms with van der Waals surface area (Å²) in [6.07, 6.45) is 4.84. The maximum atomic E-state index is 6.24. The van der Waals surface area contributed by atoms with Crippen molar-refractivity contribution >= 4 is 11.6 Å². The molecular weight excluding hydrogens is 336 g/mol. The molecule has 1 fully saturated rings. The summed E-state index contributed by atoms with van der Waals surface area (Å²) in [7, 11) is 2.11. The molecule has 2 aliphatic rings. The van der Waals surface area contributed by atoms with Crippen molar-refractivity contribution in [3.63, 3.8) is 0 Å². The number of hydrogen-bond acceptors (Lipinski definition) is 4. The van der Waals surface area contributed by atoms with Gasteiger partial charge in [-0.1, -0.05) is 11.6 Å². The van der Waals surface area contributed by atoms with E-state index in [1.807, 2.05) is 6.07 Å². The van der Waals surface area contributed by atoms with Gasteiger partial charge in [0.05, 0.1) is 18.3 Å². The van der Waals surface area contributed by atoms with Gasteiger partial charge in [0.1, 0.15) is 5.82 Å². The first-order valence-corrected chi connectivity index (χ1v) is 9.56. The molecule has 1 aromatic heterocycles. The number of ether oxygens (including phenoxy) is 1. The molecule has 2 heterocycles. The Kier molecular flexibility index (Phi) is 4.80. The Balaban J connectivity index is 1.69. The molecule has 134 valence electrons. The van der Waals surface area contributed by atoms with E-state index in [0.717, 1.165) is 62.1 Å². The van der Waals surface area contributed by atoms with Gasteiger partial charge in [-0.05, 0) is 63.4 Å². The standard InChI is InChI=1S/C19H25ClN4O/c1-3-25-16-7-4-13(5-8-16)19-22-21-18-12-23(2)11-14-10-15(20)6-9-17(14)24(18)19/h6,9-10,13,16H,3-5,7-8,11-12H2,1-2H3. The van der Waals surface area contributed by atoms with Crippen molar-refractivity contribution in [3.8, 4) is 5.69 Å². The molecule has 0 atom stereocenters. The second-order valence-electron chi connectivity index (χ2n) is 7.18. The van der Waals surface area contributed by atoms with Crippen LogP contribution in [0.1, 0.15) is 55.7 Å². The first-order valence-electron chi connectivity index (χ1n) is 9.18. The summed E-state index contributed by atoms with van der Waals surface area (Å²) < 4.78 is 8.08. The van der Waals surface area contributed by atoms with E-state index in [1.54, 1.807) is 0 Å². The van der Waals surface area contributed by atoms with Crippen LogP contribution in [0.4, 0.5) is 0 Å². The zero-order chi connectivity index (χ0) is 17.4. The third-order valence-corrected chi connectivity index (χ3v) is 5.57. The number of rotatable bonds is 3. The minimum Gasteiger partial charge on any atom is -0.379 e. The monoisotopic (exact) mass is 360 g/mol. The summed E-state index contributed by atoms with van der Waals surface area (Å²) in [6, 6.07) is 6.14. The third-order valence-electron chi connectivity index (χ3n) is 5.33. The summed E-state index contributed by atoms with van der Waals surface area (Å²) >= 11 is 6.24. The van der Waals surface area contributed by atoms with Gasteiger partial charge in [-0.15, -0.1) is 10.2 Å². The number of nitrogens with zero attached hydrogens (tertiary/aromatic N) is 4. The molecule has 0 amide bonds. The van der Waals surface area contributed by atoms with Gasteiger partial charge in [0, 0.05) is 24.1 Å². The molecule has 5 nitrogen and oxygen atoms in total. The van der Waals surface area contributed by atoms with E-state index in [1.165, 1.54) is 11.3 Å². The van der Waals surface area contributed by atoms with Crippen LogP contribution in [-0.2, 0) is 17.8 Å². The average molecular weight is 361 g/mol. The van der Waals surface area contributed by atoms with Crippen molar-refractivity contribution in [3.05, 3.63) is 40.4 Å². The fourth-order valence-electron chi connectivity index (χ4n) is 4.17. The first-order chi connectivity index (χ1) is 12.2. The van der Waals surface area contributed by atoms with E-state index in [4.69, 9.17) is 16.3 Å². The van der Waals surface area contributed by atoms with E-state index in [2.05, 4.69) is 45.8 Å². The zero-order valence-electron chi connectivity index (χ0n) is 14.9. The quantitative estimate of drug-likeness (QED) is 0.831. The molecule has 0 bridgehead atoms. The lowest BCUT2D eigenvalue weighted by molar-refractivity contribution is 0.0321. The molecule has 0 N–H and O–H groups in total. The summed E-state index contributed by atoms with van der Waals surface area (Å²) in [6.45, 7) is 4.54. The Morgan fingerprint density at radius 3 is 2.72 bits per heavy atom. The van der Waals surface area contributed by atoms with Crippen molar-refractivity contribution in [2.45, 2.75) is 57.7 Å². The molecule has 0 radical (unpaired) electrons. The summed E-state index contributed by atoms with van der Waals surface area (Å²) in [4.78, 5) is 2.26. The fraction of sp³-hybridized carbons (Fsp3) is 0.579. The molecule has 1 aliphatic heterocycles. The van der Waals surface area contributed by atoms with Gasteiger partial charge in [-0.2, -0.15) is 0 Å². The van der Waals surface area contributed by atoms with Gasteiger partial charge in [0.15, 0.2) is 5.82 Å². The topological polar surface area (TPSA) is 43.2 Å². The van der Waals surface area contributed by atoms with E-state index >= 15 is 0 Å². The second kappa shape index (κ2) is 7.06. The van der Waals surface area contributed by atoms with Crippen molar-refractivity contribution in [1.29, 1.82) is 0 Å². The van der Waals surface area contributed by atoms with Crippen molar-refractivity contribution < 1.29 is 4.74 Å². The predicted octanol–water partition coefficient (Wildman–Crippen LogP) is 3.93. The molecule has 1 saturated carbocycles. The van der Waals surface area contributed by atoms with Crippen LogP contribution < -0.4 is 0 Å². The summed E-state index contributed by atoms with van der Waals surface area (Å²) in [5.41, 5.74) is 2.41. The van der Waals surface area contributed by atoms with Gasteiger partial charge in [0.2, 0.25) is 0 Å². The first kappa shape index (κ1) is 17.0. The highest BCUT2D eigenvalue weighted by atomic mass is 35.5. The number of hydrogen-bond donors (Lipinski definition) is 0. The number of halogens is 1. The van der Waals surface area contributed by atoms with Crippen molar-refractivity contribution in [2.24, 2.45) is 0 Å². The molecule has 0 unspecified atom stereocenters. The van der Waals surface area contributed by atoms with Crippen LogP contribution in [0.2, 0.25) is 5.02 Å². The number of fused-ring (bicyclic) bond motifs is 3. The lowest BCUT2D eigenvalue weighted by Gasteiger charge is -2.28.